The zero-order valence-corrected chi connectivity index (χ0v) is 14.0. The standard InChI is InChI=1S/C21H22O3/c1-21(20(22)23-15-9-3-2-4-10-15)16-11-5-7-13-18(16)24-19-14-8-6-12-17(19)21/h5-8,11-15H,2-4,9-10H2,1H3. The van der Waals surface area contributed by atoms with E-state index in [-0.39, 0.29) is 12.1 Å². The van der Waals surface area contributed by atoms with Crippen LogP contribution in [0.5, 0.6) is 11.5 Å². The van der Waals surface area contributed by atoms with Crippen LogP contribution in [0.4, 0.5) is 0 Å². The summed E-state index contributed by atoms with van der Waals surface area (Å²) in [4.78, 5) is 13.2. The summed E-state index contributed by atoms with van der Waals surface area (Å²) in [6, 6.07) is 15.5. The Morgan fingerprint density at radius 3 is 2.08 bits per heavy atom. The molecule has 0 radical (unpaired) electrons. The van der Waals surface area contributed by atoms with E-state index >= 15 is 0 Å². The van der Waals surface area contributed by atoms with Gasteiger partial charge in [-0.1, -0.05) is 42.8 Å². The molecule has 0 saturated heterocycles. The minimum Gasteiger partial charge on any atom is -0.461 e. The highest BCUT2D eigenvalue weighted by Crippen LogP contribution is 2.48. The van der Waals surface area contributed by atoms with Crippen LogP contribution in [-0.4, -0.2) is 12.1 Å². The SMILES string of the molecule is CC1(C(=O)OC2CCCCC2)c2ccccc2Oc2ccccc21. The normalized spacial score (nSPS) is 18.9. The molecule has 0 aromatic heterocycles. The first kappa shape index (κ1) is 15.3. The van der Waals surface area contributed by atoms with Crippen molar-refractivity contribution in [3.63, 3.8) is 0 Å². The monoisotopic (exact) mass is 322 g/mol. The van der Waals surface area contributed by atoms with Gasteiger partial charge in [0.25, 0.3) is 0 Å². The molecule has 1 aliphatic carbocycles. The van der Waals surface area contributed by atoms with Gasteiger partial charge in [-0.25, -0.2) is 0 Å². The minimum absolute atomic E-state index is 0.0465. The molecule has 0 N–H and O–H groups in total. The van der Waals surface area contributed by atoms with E-state index in [4.69, 9.17) is 9.47 Å². The van der Waals surface area contributed by atoms with Crippen LogP contribution < -0.4 is 4.74 Å². The zero-order valence-electron chi connectivity index (χ0n) is 14.0. The summed E-state index contributed by atoms with van der Waals surface area (Å²) in [5.74, 6) is 1.30. The second-order valence-electron chi connectivity index (χ2n) is 6.88. The van der Waals surface area contributed by atoms with Crippen LogP contribution in [0.15, 0.2) is 48.5 Å². The van der Waals surface area contributed by atoms with E-state index in [1.54, 1.807) is 0 Å². The Bertz CT molecular complexity index is 714. The fourth-order valence-electron chi connectivity index (χ4n) is 3.87. The Labute approximate surface area is 142 Å². The Morgan fingerprint density at radius 1 is 0.958 bits per heavy atom. The summed E-state index contributed by atoms with van der Waals surface area (Å²) in [5.41, 5.74) is 0.928. The fraction of sp³-hybridized carbons (Fsp3) is 0.381. The van der Waals surface area contributed by atoms with Gasteiger partial charge in [0.15, 0.2) is 0 Å². The van der Waals surface area contributed by atoms with Gasteiger partial charge in [0.05, 0.1) is 0 Å². The van der Waals surface area contributed by atoms with Crippen molar-refractivity contribution in [3.8, 4) is 11.5 Å². The van der Waals surface area contributed by atoms with Crippen molar-refractivity contribution in [2.45, 2.75) is 50.5 Å². The third kappa shape index (κ3) is 2.39. The topological polar surface area (TPSA) is 35.5 Å². The van der Waals surface area contributed by atoms with E-state index in [1.165, 1.54) is 6.42 Å². The second-order valence-corrected chi connectivity index (χ2v) is 6.88. The number of benzene rings is 2. The van der Waals surface area contributed by atoms with Crippen molar-refractivity contribution >= 4 is 5.97 Å². The molecule has 1 heterocycles. The average Bonchev–Trinajstić information content (AvgIpc) is 2.63. The van der Waals surface area contributed by atoms with Crippen LogP contribution in [0.3, 0.4) is 0 Å². The minimum atomic E-state index is -0.830. The van der Waals surface area contributed by atoms with Gasteiger partial charge in [-0.3, -0.25) is 4.79 Å². The van der Waals surface area contributed by atoms with Gasteiger partial charge in [0.1, 0.15) is 23.0 Å². The van der Waals surface area contributed by atoms with Gasteiger partial charge in [-0.2, -0.15) is 0 Å². The van der Waals surface area contributed by atoms with Crippen LogP contribution in [-0.2, 0) is 14.9 Å². The highest BCUT2D eigenvalue weighted by atomic mass is 16.5. The third-order valence-electron chi connectivity index (χ3n) is 5.31. The first-order valence-corrected chi connectivity index (χ1v) is 8.77. The first-order valence-electron chi connectivity index (χ1n) is 8.77. The summed E-state index contributed by atoms with van der Waals surface area (Å²) >= 11 is 0. The number of ether oxygens (including phenoxy) is 2. The van der Waals surface area contributed by atoms with Gasteiger partial charge >= 0.3 is 5.97 Å². The van der Waals surface area contributed by atoms with E-state index in [1.807, 2.05) is 55.5 Å². The summed E-state index contributed by atoms with van der Waals surface area (Å²) in [7, 11) is 0. The molecule has 0 unspecified atom stereocenters. The largest absolute Gasteiger partial charge is 0.461 e. The van der Waals surface area contributed by atoms with E-state index in [2.05, 4.69) is 0 Å². The quantitative estimate of drug-likeness (QED) is 0.732. The Hall–Kier alpha value is -2.29. The lowest BCUT2D eigenvalue weighted by molar-refractivity contribution is -0.155. The van der Waals surface area contributed by atoms with Gasteiger partial charge < -0.3 is 9.47 Å². The summed E-state index contributed by atoms with van der Waals surface area (Å²) in [6.07, 6.45) is 5.52. The molecule has 4 rings (SSSR count). The van der Waals surface area contributed by atoms with Crippen molar-refractivity contribution in [2.75, 3.05) is 0 Å². The Balaban J connectivity index is 1.75. The Morgan fingerprint density at radius 2 is 1.50 bits per heavy atom. The highest BCUT2D eigenvalue weighted by molar-refractivity contribution is 5.90. The molecule has 1 fully saturated rings. The van der Waals surface area contributed by atoms with Crippen molar-refractivity contribution in [2.24, 2.45) is 0 Å². The smallest absolute Gasteiger partial charge is 0.321 e. The molecule has 2 aromatic rings. The third-order valence-corrected chi connectivity index (χ3v) is 5.31. The molecule has 1 saturated carbocycles. The Kier molecular flexibility index (Phi) is 3.79. The molecule has 0 atom stereocenters. The molecular weight excluding hydrogens is 300 g/mol. The number of carbonyl (C=O) groups excluding carboxylic acids is 1. The molecule has 0 amide bonds. The van der Waals surface area contributed by atoms with Gasteiger partial charge in [0.2, 0.25) is 0 Å². The number of carbonyl (C=O) groups is 1. The van der Waals surface area contributed by atoms with Crippen molar-refractivity contribution in [3.05, 3.63) is 59.7 Å². The van der Waals surface area contributed by atoms with Gasteiger partial charge in [-0.05, 0) is 44.7 Å². The fourth-order valence-corrected chi connectivity index (χ4v) is 3.87. The maximum Gasteiger partial charge on any atom is 0.321 e. The second kappa shape index (κ2) is 5.97. The molecule has 2 aromatic carbocycles. The van der Waals surface area contributed by atoms with Gasteiger partial charge in [-0.15, -0.1) is 0 Å². The number of para-hydroxylation sites is 2. The van der Waals surface area contributed by atoms with Crippen LogP contribution in [0.2, 0.25) is 0 Å². The maximum absolute atomic E-state index is 13.2. The van der Waals surface area contributed by atoms with Crippen LogP contribution in [0.25, 0.3) is 0 Å². The summed E-state index contributed by atoms with van der Waals surface area (Å²) in [5, 5.41) is 0. The number of hydrogen-bond donors (Lipinski definition) is 0. The molecule has 3 nitrogen and oxygen atoms in total. The molecule has 0 bridgehead atoms. The maximum atomic E-state index is 13.2. The lowest BCUT2D eigenvalue weighted by atomic mass is 9.74. The number of rotatable bonds is 2. The highest BCUT2D eigenvalue weighted by Gasteiger charge is 2.46. The lowest BCUT2D eigenvalue weighted by Crippen LogP contribution is -2.40. The predicted molar refractivity (Wildman–Crippen MR) is 92.4 cm³/mol. The van der Waals surface area contributed by atoms with Crippen LogP contribution in [0, 0.1) is 0 Å². The average molecular weight is 322 g/mol. The molecular formula is C21H22O3. The summed E-state index contributed by atoms with van der Waals surface area (Å²) in [6.45, 7) is 1.96. The van der Waals surface area contributed by atoms with Crippen LogP contribution in [0.1, 0.15) is 50.2 Å². The molecule has 1 aliphatic heterocycles. The van der Waals surface area contributed by atoms with E-state index in [9.17, 15) is 4.79 Å². The van der Waals surface area contributed by atoms with Crippen molar-refractivity contribution in [1.82, 2.24) is 0 Å². The van der Waals surface area contributed by atoms with Crippen molar-refractivity contribution in [1.29, 1.82) is 0 Å². The predicted octanol–water partition coefficient (Wildman–Crippen LogP) is 4.97. The molecule has 24 heavy (non-hydrogen) atoms. The molecule has 0 spiro atoms. The number of fused-ring (bicyclic) bond motifs is 2. The number of esters is 1. The van der Waals surface area contributed by atoms with E-state index in [0.29, 0.717) is 0 Å². The van der Waals surface area contributed by atoms with E-state index < -0.39 is 5.41 Å². The zero-order chi connectivity index (χ0) is 16.6. The number of hydrogen-bond acceptors (Lipinski definition) is 3. The van der Waals surface area contributed by atoms with Gasteiger partial charge in [0, 0.05) is 11.1 Å². The van der Waals surface area contributed by atoms with Crippen LogP contribution >= 0.6 is 0 Å². The lowest BCUT2D eigenvalue weighted by Gasteiger charge is -2.36. The van der Waals surface area contributed by atoms with Crippen molar-refractivity contribution < 1.29 is 14.3 Å². The molecule has 3 heteroatoms. The summed E-state index contributed by atoms with van der Waals surface area (Å²) < 4.78 is 12.0. The molecule has 2 aliphatic rings. The first-order chi connectivity index (χ1) is 11.7. The molecule has 124 valence electrons. The van der Waals surface area contributed by atoms with E-state index in [0.717, 1.165) is 48.3 Å².